The third kappa shape index (κ3) is 4.02. The van der Waals surface area contributed by atoms with Crippen LogP contribution in [0.15, 0.2) is 24.3 Å². The Morgan fingerprint density at radius 2 is 1.87 bits per heavy atom. The van der Waals surface area contributed by atoms with Gasteiger partial charge >= 0.3 is 0 Å². The van der Waals surface area contributed by atoms with Crippen molar-refractivity contribution in [3.8, 4) is 0 Å². The van der Waals surface area contributed by atoms with Crippen molar-refractivity contribution in [2.24, 2.45) is 0 Å². The van der Waals surface area contributed by atoms with Gasteiger partial charge in [-0.3, -0.25) is 0 Å². The summed E-state index contributed by atoms with van der Waals surface area (Å²) in [5.74, 6) is 0. The summed E-state index contributed by atoms with van der Waals surface area (Å²) < 4.78 is 0. The maximum absolute atomic E-state index is 9.23. The summed E-state index contributed by atoms with van der Waals surface area (Å²) in [5, 5.41) is 12.6. The van der Waals surface area contributed by atoms with Crippen LogP contribution >= 0.6 is 0 Å². The Morgan fingerprint density at radius 3 is 2.33 bits per heavy atom. The van der Waals surface area contributed by atoms with E-state index in [4.69, 9.17) is 0 Å². The molecule has 0 bridgehead atoms. The van der Waals surface area contributed by atoms with Crippen molar-refractivity contribution in [1.29, 1.82) is 0 Å². The van der Waals surface area contributed by atoms with Crippen LogP contribution in [-0.2, 0) is 0 Å². The van der Waals surface area contributed by atoms with Crippen LogP contribution in [-0.4, -0.2) is 17.8 Å². The maximum atomic E-state index is 9.23. The van der Waals surface area contributed by atoms with Gasteiger partial charge in [0.25, 0.3) is 0 Å². The quantitative estimate of drug-likeness (QED) is 0.777. The zero-order chi connectivity index (χ0) is 11.3. The van der Waals surface area contributed by atoms with Gasteiger partial charge in [0, 0.05) is 12.6 Å². The molecule has 2 N–H and O–H groups in total. The van der Waals surface area contributed by atoms with E-state index >= 15 is 0 Å². The lowest BCUT2D eigenvalue weighted by atomic mass is 10.0. The average Bonchev–Trinajstić information content (AvgIpc) is 2.21. The lowest BCUT2D eigenvalue weighted by Crippen LogP contribution is -2.28. The van der Waals surface area contributed by atoms with Gasteiger partial charge in [0.2, 0.25) is 0 Å². The third-order valence-electron chi connectivity index (χ3n) is 2.55. The summed E-state index contributed by atoms with van der Waals surface area (Å²) in [6.45, 7) is 6.69. The molecular formula is C13H21NO. The van der Waals surface area contributed by atoms with Crippen LogP contribution in [0.2, 0.25) is 0 Å². The number of rotatable bonds is 5. The summed E-state index contributed by atoms with van der Waals surface area (Å²) in [4.78, 5) is 0. The molecule has 0 saturated carbocycles. The second-order valence-electron chi connectivity index (χ2n) is 4.13. The monoisotopic (exact) mass is 207 g/mol. The molecule has 0 aliphatic carbocycles. The number of hydrogen-bond acceptors (Lipinski definition) is 2. The molecule has 2 atom stereocenters. The minimum absolute atomic E-state index is 0.288. The molecule has 15 heavy (non-hydrogen) atoms. The number of nitrogens with one attached hydrogen (secondary N) is 1. The van der Waals surface area contributed by atoms with Gasteiger partial charge in [-0.1, -0.05) is 36.8 Å². The fourth-order valence-electron chi connectivity index (χ4n) is 1.61. The Bertz CT molecular complexity index is 279. The van der Waals surface area contributed by atoms with Gasteiger partial charge in [-0.15, -0.1) is 0 Å². The first-order valence-corrected chi connectivity index (χ1v) is 5.61. The van der Waals surface area contributed by atoms with E-state index in [0.29, 0.717) is 12.6 Å². The number of hydrogen-bond donors (Lipinski definition) is 2. The number of benzene rings is 1. The van der Waals surface area contributed by atoms with E-state index in [9.17, 15) is 5.11 Å². The molecule has 2 nitrogen and oxygen atoms in total. The molecule has 1 aromatic rings. The second-order valence-corrected chi connectivity index (χ2v) is 4.13. The van der Waals surface area contributed by atoms with Crippen molar-refractivity contribution in [3.05, 3.63) is 35.4 Å². The Balaban J connectivity index is 2.61. The molecule has 0 radical (unpaired) electrons. The predicted octanol–water partition coefficient (Wildman–Crippen LogP) is 2.42. The highest BCUT2D eigenvalue weighted by atomic mass is 16.3. The van der Waals surface area contributed by atoms with Gasteiger partial charge in [-0.2, -0.15) is 0 Å². The molecule has 1 rings (SSSR count). The van der Waals surface area contributed by atoms with Crippen LogP contribution in [0.3, 0.4) is 0 Å². The minimum Gasteiger partial charge on any atom is -0.392 e. The number of aliphatic hydroxyl groups is 1. The highest BCUT2D eigenvalue weighted by Gasteiger charge is 2.08. The molecule has 84 valence electrons. The summed E-state index contributed by atoms with van der Waals surface area (Å²) in [6.07, 6.45) is 0.750. The molecule has 0 aliphatic rings. The minimum atomic E-state index is -0.288. The highest BCUT2D eigenvalue weighted by molar-refractivity contribution is 5.24. The van der Waals surface area contributed by atoms with E-state index < -0.39 is 0 Å². The van der Waals surface area contributed by atoms with Crippen molar-refractivity contribution in [3.63, 3.8) is 0 Å². The first kappa shape index (κ1) is 12.2. The largest absolute Gasteiger partial charge is 0.392 e. The van der Waals surface area contributed by atoms with Crippen LogP contribution in [0, 0.1) is 6.92 Å². The molecule has 0 fully saturated rings. The van der Waals surface area contributed by atoms with Gasteiger partial charge in [-0.25, -0.2) is 0 Å². The third-order valence-corrected chi connectivity index (χ3v) is 2.55. The molecule has 0 unspecified atom stereocenters. The van der Waals surface area contributed by atoms with E-state index in [1.54, 1.807) is 6.92 Å². The van der Waals surface area contributed by atoms with Crippen molar-refractivity contribution in [2.45, 2.75) is 39.3 Å². The van der Waals surface area contributed by atoms with E-state index in [2.05, 4.69) is 43.4 Å². The summed E-state index contributed by atoms with van der Waals surface area (Å²) in [7, 11) is 0. The van der Waals surface area contributed by atoms with Crippen molar-refractivity contribution >= 4 is 0 Å². The SMILES string of the molecule is CC[C@@H](NC[C@H](C)O)c1ccc(C)cc1. The molecule has 1 aromatic carbocycles. The maximum Gasteiger partial charge on any atom is 0.0636 e. The van der Waals surface area contributed by atoms with E-state index in [-0.39, 0.29) is 6.10 Å². The van der Waals surface area contributed by atoms with Crippen LogP contribution < -0.4 is 5.32 Å². The lowest BCUT2D eigenvalue weighted by Gasteiger charge is -2.18. The van der Waals surface area contributed by atoms with Gasteiger partial charge in [0.1, 0.15) is 0 Å². The topological polar surface area (TPSA) is 32.3 Å². The lowest BCUT2D eigenvalue weighted by molar-refractivity contribution is 0.185. The van der Waals surface area contributed by atoms with E-state index in [1.807, 2.05) is 0 Å². The molecule has 0 saturated heterocycles. The van der Waals surface area contributed by atoms with Gasteiger partial charge in [-0.05, 0) is 25.8 Å². The Labute approximate surface area is 92.3 Å². The average molecular weight is 207 g/mol. The number of aryl methyl sites for hydroxylation is 1. The molecule has 0 spiro atoms. The van der Waals surface area contributed by atoms with Crippen LogP contribution in [0.25, 0.3) is 0 Å². The van der Waals surface area contributed by atoms with Crippen LogP contribution in [0.4, 0.5) is 0 Å². The fourth-order valence-corrected chi connectivity index (χ4v) is 1.61. The Hall–Kier alpha value is -0.860. The van der Waals surface area contributed by atoms with Crippen LogP contribution in [0.1, 0.15) is 37.4 Å². The van der Waals surface area contributed by atoms with Crippen molar-refractivity contribution in [1.82, 2.24) is 5.32 Å². The highest BCUT2D eigenvalue weighted by Crippen LogP contribution is 2.16. The number of aliphatic hydroxyl groups excluding tert-OH is 1. The van der Waals surface area contributed by atoms with Gasteiger partial charge in [0.15, 0.2) is 0 Å². The van der Waals surface area contributed by atoms with E-state index in [1.165, 1.54) is 11.1 Å². The summed E-state index contributed by atoms with van der Waals surface area (Å²) in [5.41, 5.74) is 2.58. The summed E-state index contributed by atoms with van der Waals surface area (Å²) >= 11 is 0. The normalized spacial score (nSPS) is 14.9. The van der Waals surface area contributed by atoms with Crippen molar-refractivity contribution < 1.29 is 5.11 Å². The Kier molecular flexibility index (Phi) is 4.79. The molecule has 2 heteroatoms. The molecule has 0 aliphatic heterocycles. The molecule has 0 heterocycles. The summed E-state index contributed by atoms with van der Waals surface area (Å²) in [6, 6.07) is 8.90. The molecule has 0 aromatic heterocycles. The predicted molar refractivity (Wildman–Crippen MR) is 63.9 cm³/mol. The van der Waals surface area contributed by atoms with Gasteiger partial charge < -0.3 is 10.4 Å². The zero-order valence-electron chi connectivity index (χ0n) is 9.83. The standard InChI is InChI=1S/C13H21NO/c1-4-13(14-9-11(3)15)12-7-5-10(2)6-8-12/h5-8,11,13-15H,4,9H2,1-3H3/t11-,13+/m0/s1. The van der Waals surface area contributed by atoms with Crippen molar-refractivity contribution in [2.75, 3.05) is 6.54 Å². The van der Waals surface area contributed by atoms with Gasteiger partial charge in [0.05, 0.1) is 6.10 Å². The zero-order valence-corrected chi connectivity index (χ0v) is 9.83. The first-order valence-electron chi connectivity index (χ1n) is 5.61. The second kappa shape index (κ2) is 5.89. The first-order chi connectivity index (χ1) is 7.13. The fraction of sp³-hybridized carbons (Fsp3) is 0.538. The van der Waals surface area contributed by atoms with E-state index in [0.717, 1.165) is 6.42 Å². The molecular weight excluding hydrogens is 186 g/mol. The Morgan fingerprint density at radius 1 is 1.27 bits per heavy atom. The smallest absolute Gasteiger partial charge is 0.0636 e. The molecule has 0 amide bonds. The van der Waals surface area contributed by atoms with Crippen LogP contribution in [0.5, 0.6) is 0 Å².